The lowest BCUT2D eigenvalue weighted by Gasteiger charge is -2.21. The first-order valence-corrected chi connectivity index (χ1v) is 14.2. The normalized spacial score (nSPS) is 18.9. The number of hydrogen-bond acceptors (Lipinski definition) is 4. The van der Waals surface area contributed by atoms with Gasteiger partial charge in [-0.25, -0.2) is 0 Å². The quantitative estimate of drug-likeness (QED) is 0.333. The van der Waals surface area contributed by atoms with E-state index in [0.29, 0.717) is 12.2 Å². The minimum Gasteiger partial charge on any atom is -0.508 e. The number of likely N-dealkylation sites (tertiary alicyclic amines) is 1. The van der Waals surface area contributed by atoms with Gasteiger partial charge in [-0.1, -0.05) is 31.7 Å². The third-order valence-electron chi connectivity index (χ3n) is 8.21. The summed E-state index contributed by atoms with van der Waals surface area (Å²) in [7, 11) is 0. The van der Waals surface area contributed by atoms with Crippen LogP contribution in [-0.4, -0.2) is 49.0 Å². The van der Waals surface area contributed by atoms with E-state index < -0.39 is 0 Å². The molecule has 39 heavy (non-hydrogen) atoms. The molecule has 4 nitrogen and oxygen atoms in total. The Morgan fingerprint density at radius 2 is 1.74 bits per heavy atom. The fraction of sp³-hybridized carbons (Fsp3) is 0.412. The number of allylic oxidation sites excluding steroid dienone is 1. The number of ether oxygens (including phenoxy) is 1. The van der Waals surface area contributed by atoms with Gasteiger partial charge in [0.05, 0.1) is 6.67 Å². The summed E-state index contributed by atoms with van der Waals surface area (Å²) in [5, 5.41) is 13.8. The SMILES string of the molecule is C.Oc1ccc2c(c1)CCCC(c1ccc3c(c1)CCCN3)=C2c1ccc(O[C@H]2CCN(CCCF)C2)cc1. The van der Waals surface area contributed by atoms with Crippen LogP contribution in [0.5, 0.6) is 11.5 Å². The number of aromatic hydroxyl groups is 1. The van der Waals surface area contributed by atoms with Crippen molar-refractivity contribution in [2.24, 2.45) is 0 Å². The molecule has 3 aromatic rings. The Balaban J connectivity index is 0.00000308. The lowest BCUT2D eigenvalue weighted by atomic mass is 9.86. The Hall–Kier alpha value is -3.31. The molecule has 3 aliphatic rings. The van der Waals surface area contributed by atoms with Gasteiger partial charge in [0, 0.05) is 31.9 Å². The van der Waals surface area contributed by atoms with E-state index in [2.05, 4.69) is 58.7 Å². The number of rotatable bonds is 7. The van der Waals surface area contributed by atoms with Crippen molar-refractivity contribution in [3.8, 4) is 11.5 Å². The molecular formula is C34H41FN2O2. The summed E-state index contributed by atoms with van der Waals surface area (Å²) in [6.07, 6.45) is 7.00. The second kappa shape index (κ2) is 12.3. The lowest BCUT2D eigenvalue weighted by molar-refractivity contribution is 0.198. The smallest absolute Gasteiger partial charge is 0.119 e. The summed E-state index contributed by atoms with van der Waals surface area (Å²) < 4.78 is 18.9. The number of nitrogens with zero attached hydrogens (tertiary/aromatic N) is 1. The Kier molecular flexibility index (Phi) is 8.56. The molecule has 2 aliphatic heterocycles. The Bertz CT molecular complexity index is 1320. The molecular weight excluding hydrogens is 487 g/mol. The molecule has 5 heteroatoms. The molecule has 0 aromatic heterocycles. The minimum absolute atomic E-state index is 0. The first-order chi connectivity index (χ1) is 18.7. The van der Waals surface area contributed by atoms with Crippen molar-refractivity contribution in [1.82, 2.24) is 4.90 Å². The summed E-state index contributed by atoms with van der Waals surface area (Å²) >= 11 is 0. The van der Waals surface area contributed by atoms with Crippen LogP contribution in [0, 0.1) is 0 Å². The molecule has 0 radical (unpaired) electrons. The maximum atomic E-state index is 12.6. The molecule has 1 fully saturated rings. The van der Waals surface area contributed by atoms with Gasteiger partial charge < -0.3 is 15.2 Å². The van der Waals surface area contributed by atoms with E-state index in [1.807, 2.05) is 12.1 Å². The highest BCUT2D eigenvalue weighted by Gasteiger charge is 2.24. The average molecular weight is 529 g/mol. The van der Waals surface area contributed by atoms with E-state index in [1.165, 1.54) is 51.1 Å². The molecule has 6 rings (SSSR count). The molecule has 1 saturated heterocycles. The minimum atomic E-state index is -0.258. The fourth-order valence-corrected chi connectivity index (χ4v) is 6.33. The van der Waals surface area contributed by atoms with Gasteiger partial charge in [-0.2, -0.15) is 0 Å². The summed E-state index contributed by atoms with van der Waals surface area (Å²) in [5.74, 6) is 1.21. The van der Waals surface area contributed by atoms with Crippen LogP contribution in [0.25, 0.3) is 11.1 Å². The van der Waals surface area contributed by atoms with Crippen molar-refractivity contribution in [2.45, 2.75) is 58.5 Å². The largest absolute Gasteiger partial charge is 0.508 e. The maximum Gasteiger partial charge on any atom is 0.119 e. The predicted octanol–water partition coefficient (Wildman–Crippen LogP) is 7.49. The molecule has 1 atom stereocenters. The number of anilines is 1. The van der Waals surface area contributed by atoms with E-state index in [9.17, 15) is 9.50 Å². The average Bonchev–Trinajstić information content (AvgIpc) is 3.30. The molecule has 0 unspecified atom stereocenters. The van der Waals surface area contributed by atoms with E-state index in [-0.39, 0.29) is 20.2 Å². The summed E-state index contributed by atoms with van der Waals surface area (Å²) in [6.45, 7) is 3.43. The number of phenolic OH excluding ortho intramolecular Hbond substituents is 1. The number of hydrogen-bond donors (Lipinski definition) is 2. The zero-order valence-corrected chi connectivity index (χ0v) is 22.0. The highest BCUT2D eigenvalue weighted by molar-refractivity contribution is 6.00. The first kappa shape index (κ1) is 27.3. The molecule has 0 saturated carbocycles. The number of halogens is 1. The summed E-state index contributed by atoms with van der Waals surface area (Å²) in [4.78, 5) is 2.29. The first-order valence-electron chi connectivity index (χ1n) is 14.2. The van der Waals surface area contributed by atoms with Gasteiger partial charge in [0.15, 0.2) is 0 Å². The second-order valence-electron chi connectivity index (χ2n) is 10.8. The van der Waals surface area contributed by atoms with Gasteiger partial charge in [0.25, 0.3) is 0 Å². The van der Waals surface area contributed by atoms with E-state index in [1.54, 1.807) is 0 Å². The monoisotopic (exact) mass is 528 g/mol. The van der Waals surface area contributed by atoms with E-state index in [0.717, 1.165) is 64.0 Å². The molecule has 2 N–H and O–H groups in total. The van der Waals surface area contributed by atoms with Crippen molar-refractivity contribution in [1.29, 1.82) is 0 Å². The van der Waals surface area contributed by atoms with Crippen LogP contribution in [-0.2, 0) is 12.8 Å². The predicted molar refractivity (Wildman–Crippen MR) is 159 cm³/mol. The molecule has 0 amide bonds. The Morgan fingerprint density at radius 1 is 0.923 bits per heavy atom. The van der Waals surface area contributed by atoms with Crippen LogP contribution < -0.4 is 10.1 Å². The number of fused-ring (bicyclic) bond motifs is 2. The Labute approximate surface area is 232 Å². The van der Waals surface area contributed by atoms with Gasteiger partial charge in [-0.15, -0.1) is 0 Å². The number of aryl methyl sites for hydroxylation is 2. The molecule has 3 aromatic carbocycles. The standard InChI is InChI=1S/C33H37FN2O2.CH4/c34-16-3-18-36-19-15-29(22-36)38-28-11-7-23(8-12-28)33-30(6-1-4-24-21-27(37)10-13-31(24)33)25-9-14-32-26(20-25)5-2-17-35-32;/h7-14,20-21,29,35,37H,1-6,15-19,22H2;1H4/t29-;/m0./s1. The lowest BCUT2D eigenvalue weighted by Crippen LogP contribution is -2.26. The van der Waals surface area contributed by atoms with Crippen LogP contribution in [0.1, 0.15) is 67.3 Å². The number of nitrogens with one attached hydrogen (secondary N) is 1. The number of alkyl halides is 1. The highest BCUT2D eigenvalue weighted by Crippen LogP contribution is 2.42. The Morgan fingerprint density at radius 3 is 2.59 bits per heavy atom. The van der Waals surface area contributed by atoms with Crippen LogP contribution >= 0.6 is 0 Å². The fourth-order valence-electron chi connectivity index (χ4n) is 6.33. The molecule has 1 aliphatic carbocycles. The van der Waals surface area contributed by atoms with Gasteiger partial charge in [0.1, 0.15) is 17.6 Å². The van der Waals surface area contributed by atoms with Crippen LogP contribution in [0.3, 0.4) is 0 Å². The van der Waals surface area contributed by atoms with Crippen LogP contribution in [0.2, 0.25) is 0 Å². The van der Waals surface area contributed by atoms with Crippen LogP contribution in [0.15, 0.2) is 60.7 Å². The van der Waals surface area contributed by atoms with Crippen molar-refractivity contribution in [3.63, 3.8) is 0 Å². The van der Waals surface area contributed by atoms with E-state index >= 15 is 0 Å². The second-order valence-corrected chi connectivity index (χ2v) is 10.8. The third-order valence-corrected chi connectivity index (χ3v) is 8.21. The van der Waals surface area contributed by atoms with Crippen molar-refractivity contribution >= 4 is 16.8 Å². The van der Waals surface area contributed by atoms with Crippen molar-refractivity contribution in [2.75, 3.05) is 38.2 Å². The molecule has 0 bridgehead atoms. The zero-order chi connectivity index (χ0) is 25.9. The zero-order valence-electron chi connectivity index (χ0n) is 22.0. The highest BCUT2D eigenvalue weighted by atomic mass is 19.1. The maximum absolute atomic E-state index is 12.6. The topological polar surface area (TPSA) is 44.7 Å². The van der Waals surface area contributed by atoms with Gasteiger partial charge in [-0.05, 0) is 120 Å². The molecule has 206 valence electrons. The summed E-state index contributed by atoms with van der Waals surface area (Å²) in [6, 6.07) is 21.3. The van der Waals surface area contributed by atoms with E-state index in [4.69, 9.17) is 4.74 Å². The number of benzene rings is 3. The van der Waals surface area contributed by atoms with Crippen LogP contribution in [0.4, 0.5) is 10.1 Å². The van der Waals surface area contributed by atoms with Gasteiger partial charge in [-0.3, -0.25) is 9.29 Å². The molecule has 2 heterocycles. The van der Waals surface area contributed by atoms with Gasteiger partial charge >= 0.3 is 0 Å². The third kappa shape index (κ3) is 5.99. The van der Waals surface area contributed by atoms with Gasteiger partial charge in [0.2, 0.25) is 0 Å². The van der Waals surface area contributed by atoms with Crippen molar-refractivity contribution in [3.05, 3.63) is 88.5 Å². The molecule has 0 spiro atoms. The summed E-state index contributed by atoms with van der Waals surface area (Å²) in [5.41, 5.74) is 10.2. The number of phenols is 1. The van der Waals surface area contributed by atoms with Crippen molar-refractivity contribution < 1.29 is 14.2 Å².